The van der Waals surface area contributed by atoms with Gasteiger partial charge >= 0.3 is 0 Å². The first kappa shape index (κ1) is 15.9. The lowest BCUT2D eigenvalue weighted by atomic mass is 10.2. The molecule has 0 unspecified atom stereocenters. The molecule has 0 aliphatic carbocycles. The molecule has 0 saturated heterocycles. The van der Waals surface area contributed by atoms with Crippen molar-refractivity contribution in [3.8, 4) is 11.5 Å². The van der Waals surface area contributed by atoms with Gasteiger partial charge in [-0.05, 0) is 30.3 Å². The number of benzene rings is 2. The number of carbonyl (C=O) groups is 1. The molecular formula is C16H15ClN2O3. The second-order valence-electron chi connectivity index (χ2n) is 4.29. The Morgan fingerprint density at radius 3 is 2.64 bits per heavy atom. The smallest absolute Gasteiger partial charge is 0.271 e. The number of rotatable bonds is 5. The van der Waals surface area contributed by atoms with Crippen LogP contribution in [0.2, 0.25) is 5.02 Å². The van der Waals surface area contributed by atoms with E-state index in [0.29, 0.717) is 27.6 Å². The maximum absolute atomic E-state index is 11.9. The second kappa shape index (κ2) is 7.47. The van der Waals surface area contributed by atoms with E-state index in [2.05, 4.69) is 10.5 Å². The number of hydrogen-bond acceptors (Lipinski definition) is 4. The number of nitrogens with zero attached hydrogens (tertiary/aromatic N) is 1. The second-order valence-corrected chi connectivity index (χ2v) is 4.73. The van der Waals surface area contributed by atoms with Crippen LogP contribution in [0.3, 0.4) is 0 Å². The van der Waals surface area contributed by atoms with Crippen LogP contribution in [0.25, 0.3) is 0 Å². The molecule has 0 atom stereocenters. The first-order valence-electron chi connectivity index (χ1n) is 6.45. The minimum absolute atomic E-state index is 0.347. The number of para-hydroxylation sites is 1. The SMILES string of the molecule is COc1cccc(/C=N\NC(=O)c2cccc(Cl)c2)c1OC. The number of nitrogens with one attached hydrogen (secondary N) is 1. The maximum atomic E-state index is 11.9. The van der Waals surface area contributed by atoms with Crippen LogP contribution in [-0.4, -0.2) is 26.3 Å². The molecule has 0 aliphatic rings. The highest BCUT2D eigenvalue weighted by atomic mass is 35.5. The van der Waals surface area contributed by atoms with Crippen molar-refractivity contribution in [1.82, 2.24) is 5.43 Å². The number of ether oxygens (including phenoxy) is 2. The van der Waals surface area contributed by atoms with E-state index in [1.54, 1.807) is 50.6 Å². The van der Waals surface area contributed by atoms with Crippen molar-refractivity contribution < 1.29 is 14.3 Å². The van der Waals surface area contributed by atoms with Crippen LogP contribution in [0.5, 0.6) is 11.5 Å². The number of halogens is 1. The highest BCUT2D eigenvalue weighted by Gasteiger charge is 2.08. The van der Waals surface area contributed by atoms with Gasteiger partial charge in [-0.3, -0.25) is 4.79 Å². The van der Waals surface area contributed by atoms with Crippen LogP contribution in [0.15, 0.2) is 47.6 Å². The van der Waals surface area contributed by atoms with Crippen LogP contribution >= 0.6 is 11.6 Å². The third-order valence-corrected chi connectivity index (χ3v) is 3.13. The zero-order valence-corrected chi connectivity index (χ0v) is 12.9. The van der Waals surface area contributed by atoms with Gasteiger partial charge in [0.1, 0.15) is 0 Å². The number of methoxy groups -OCH3 is 2. The molecule has 0 aliphatic heterocycles. The van der Waals surface area contributed by atoms with Gasteiger partial charge in [-0.25, -0.2) is 5.43 Å². The van der Waals surface area contributed by atoms with Gasteiger partial charge in [0.2, 0.25) is 0 Å². The summed E-state index contributed by atoms with van der Waals surface area (Å²) in [4.78, 5) is 11.9. The zero-order valence-electron chi connectivity index (χ0n) is 12.2. The molecule has 5 nitrogen and oxygen atoms in total. The third-order valence-electron chi connectivity index (χ3n) is 2.89. The summed E-state index contributed by atoms with van der Waals surface area (Å²) in [5.74, 6) is 0.791. The minimum Gasteiger partial charge on any atom is -0.493 e. The summed E-state index contributed by atoms with van der Waals surface area (Å²) in [6.45, 7) is 0. The van der Waals surface area contributed by atoms with Gasteiger partial charge in [0.15, 0.2) is 11.5 Å². The molecule has 22 heavy (non-hydrogen) atoms. The Hall–Kier alpha value is -2.53. The van der Waals surface area contributed by atoms with Gasteiger partial charge < -0.3 is 9.47 Å². The Bertz CT molecular complexity index is 702. The lowest BCUT2D eigenvalue weighted by Crippen LogP contribution is -2.17. The molecule has 2 aromatic rings. The zero-order chi connectivity index (χ0) is 15.9. The summed E-state index contributed by atoms with van der Waals surface area (Å²) >= 11 is 5.84. The average Bonchev–Trinajstić information content (AvgIpc) is 2.54. The molecule has 0 fully saturated rings. The minimum atomic E-state index is -0.347. The quantitative estimate of drug-likeness (QED) is 0.680. The normalized spacial score (nSPS) is 10.5. The number of hydrazone groups is 1. The van der Waals surface area contributed by atoms with Crippen LogP contribution < -0.4 is 14.9 Å². The van der Waals surface area contributed by atoms with E-state index in [-0.39, 0.29) is 5.91 Å². The van der Waals surface area contributed by atoms with Crippen molar-refractivity contribution in [1.29, 1.82) is 0 Å². The molecule has 0 heterocycles. The highest BCUT2D eigenvalue weighted by Crippen LogP contribution is 2.29. The van der Waals surface area contributed by atoms with Crippen LogP contribution in [-0.2, 0) is 0 Å². The van der Waals surface area contributed by atoms with Crippen LogP contribution in [0.1, 0.15) is 15.9 Å². The molecule has 1 N–H and O–H groups in total. The molecule has 0 bridgehead atoms. The molecule has 0 spiro atoms. The molecule has 2 rings (SSSR count). The van der Waals surface area contributed by atoms with Crippen molar-refractivity contribution in [2.45, 2.75) is 0 Å². The Morgan fingerprint density at radius 1 is 1.18 bits per heavy atom. The summed E-state index contributed by atoms with van der Waals surface area (Å²) in [6.07, 6.45) is 1.49. The maximum Gasteiger partial charge on any atom is 0.271 e. The standard InChI is InChI=1S/C16H15ClN2O3/c1-21-14-8-4-6-12(15(14)22-2)10-18-19-16(20)11-5-3-7-13(17)9-11/h3-10H,1-2H3,(H,19,20)/b18-10-. The summed E-state index contributed by atoms with van der Waals surface area (Å²) in [6, 6.07) is 12.0. The molecule has 2 aromatic carbocycles. The number of hydrogen-bond donors (Lipinski definition) is 1. The fourth-order valence-electron chi connectivity index (χ4n) is 1.87. The van der Waals surface area contributed by atoms with Gasteiger partial charge in [0.05, 0.1) is 20.4 Å². The molecule has 0 aromatic heterocycles. The van der Waals surface area contributed by atoms with Crippen molar-refractivity contribution >= 4 is 23.7 Å². The fraction of sp³-hybridized carbons (Fsp3) is 0.125. The van der Waals surface area contributed by atoms with E-state index >= 15 is 0 Å². The molecule has 0 saturated carbocycles. The van der Waals surface area contributed by atoms with Gasteiger partial charge in [-0.15, -0.1) is 0 Å². The molecule has 0 radical (unpaired) electrons. The average molecular weight is 319 g/mol. The van der Waals surface area contributed by atoms with Crippen LogP contribution in [0.4, 0.5) is 0 Å². The number of amides is 1. The number of carbonyl (C=O) groups excluding carboxylic acids is 1. The van der Waals surface area contributed by atoms with E-state index in [9.17, 15) is 4.79 Å². The monoisotopic (exact) mass is 318 g/mol. The van der Waals surface area contributed by atoms with E-state index in [1.165, 1.54) is 6.21 Å². The lowest BCUT2D eigenvalue weighted by molar-refractivity contribution is 0.0955. The topological polar surface area (TPSA) is 59.9 Å². The van der Waals surface area contributed by atoms with Crippen LogP contribution in [0, 0.1) is 0 Å². The first-order chi connectivity index (χ1) is 10.7. The van der Waals surface area contributed by atoms with E-state index in [0.717, 1.165) is 0 Å². The van der Waals surface area contributed by atoms with Gasteiger partial charge in [0, 0.05) is 16.1 Å². The van der Waals surface area contributed by atoms with Gasteiger partial charge in [-0.2, -0.15) is 5.10 Å². The Kier molecular flexibility index (Phi) is 5.38. The van der Waals surface area contributed by atoms with Crippen molar-refractivity contribution in [3.63, 3.8) is 0 Å². The third kappa shape index (κ3) is 3.77. The van der Waals surface area contributed by atoms with Gasteiger partial charge in [0.25, 0.3) is 5.91 Å². The lowest BCUT2D eigenvalue weighted by Gasteiger charge is -2.09. The van der Waals surface area contributed by atoms with Crippen molar-refractivity contribution in [2.24, 2.45) is 5.10 Å². The molecule has 114 valence electrons. The molecule has 1 amide bonds. The fourth-order valence-corrected chi connectivity index (χ4v) is 2.06. The predicted octanol–water partition coefficient (Wildman–Crippen LogP) is 3.12. The molecule has 6 heteroatoms. The Morgan fingerprint density at radius 2 is 1.95 bits per heavy atom. The summed E-state index contributed by atoms with van der Waals surface area (Å²) in [5.41, 5.74) is 3.56. The molecular weight excluding hydrogens is 304 g/mol. The summed E-state index contributed by atoms with van der Waals surface area (Å²) in [5, 5.41) is 4.42. The van der Waals surface area contributed by atoms with E-state index in [4.69, 9.17) is 21.1 Å². The van der Waals surface area contributed by atoms with Crippen molar-refractivity contribution in [2.75, 3.05) is 14.2 Å². The van der Waals surface area contributed by atoms with Gasteiger partial charge in [-0.1, -0.05) is 23.7 Å². The first-order valence-corrected chi connectivity index (χ1v) is 6.83. The Labute approximate surface area is 133 Å². The Balaban J connectivity index is 2.11. The predicted molar refractivity (Wildman–Crippen MR) is 86.1 cm³/mol. The largest absolute Gasteiger partial charge is 0.493 e. The van der Waals surface area contributed by atoms with E-state index < -0.39 is 0 Å². The van der Waals surface area contributed by atoms with E-state index in [1.807, 2.05) is 6.07 Å². The summed E-state index contributed by atoms with van der Waals surface area (Å²) in [7, 11) is 3.10. The summed E-state index contributed by atoms with van der Waals surface area (Å²) < 4.78 is 10.5. The van der Waals surface area contributed by atoms with Crippen molar-refractivity contribution in [3.05, 3.63) is 58.6 Å². The highest BCUT2D eigenvalue weighted by molar-refractivity contribution is 6.30.